The molecule has 11 heteroatoms. The van der Waals surface area contributed by atoms with Gasteiger partial charge in [0.15, 0.2) is 11.9 Å². The number of alkyl halides is 6. The zero-order valence-corrected chi connectivity index (χ0v) is 17.9. The SMILES string of the molecule is CC(Oc1ccc(Oc2ccc(C(F)(F)F)cn2)cc1)C(=O)C(C#N)c1cccc(C(F)(F)F)c1. The highest BCUT2D eigenvalue weighted by molar-refractivity contribution is 5.92. The van der Waals surface area contributed by atoms with Crippen LogP contribution in [0.25, 0.3) is 0 Å². The van der Waals surface area contributed by atoms with Crippen LogP contribution in [0.3, 0.4) is 0 Å². The van der Waals surface area contributed by atoms with E-state index in [-0.39, 0.29) is 22.9 Å². The third kappa shape index (κ3) is 6.50. The Bertz CT molecular complexity index is 1220. The van der Waals surface area contributed by atoms with Crippen LogP contribution in [0.1, 0.15) is 29.5 Å². The van der Waals surface area contributed by atoms with Crippen LogP contribution >= 0.6 is 0 Å². The predicted molar refractivity (Wildman–Crippen MR) is 111 cm³/mol. The fourth-order valence-corrected chi connectivity index (χ4v) is 3.01. The van der Waals surface area contributed by atoms with Crippen LogP contribution in [0, 0.1) is 11.3 Å². The summed E-state index contributed by atoms with van der Waals surface area (Å²) in [4.78, 5) is 16.3. The van der Waals surface area contributed by atoms with E-state index < -0.39 is 41.3 Å². The summed E-state index contributed by atoms with van der Waals surface area (Å²) < 4.78 is 87.6. The van der Waals surface area contributed by atoms with Gasteiger partial charge >= 0.3 is 12.4 Å². The average molecular weight is 494 g/mol. The molecule has 182 valence electrons. The first-order valence-corrected chi connectivity index (χ1v) is 9.97. The molecular weight excluding hydrogens is 478 g/mol. The number of Topliss-reactive ketones (excluding diaryl/α,β-unsaturated/α-hetero) is 1. The summed E-state index contributed by atoms with van der Waals surface area (Å²) in [5, 5.41) is 9.40. The summed E-state index contributed by atoms with van der Waals surface area (Å²) in [6, 6.07) is 13.2. The molecule has 35 heavy (non-hydrogen) atoms. The first kappa shape index (κ1) is 25.6. The van der Waals surface area contributed by atoms with Gasteiger partial charge in [0.25, 0.3) is 0 Å². The molecule has 0 spiro atoms. The smallest absolute Gasteiger partial charge is 0.417 e. The molecule has 0 aliphatic rings. The van der Waals surface area contributed by atoms with Crippen LogP contribution < -0.4 is 9.47 Å². The van der Waals surface area contributed by atoms with Gasteiger partial charge in [-0.15, -0.1) is 0 Å². The van der Waals surface area contributed by atoms with Crippen LogP contribution in [0.2, 0.25) is 0 Å². The summed E-state index contributed by atoms with van der Waals surface area (Å²) >= 11 is 0. The molecule has 0 saturated heterocycles. The molecule has 0 aliphatic heterocycles. The van der Waals surface area contributed by atoms with Crippen molar-refractivity contribution in [2.24, 2.45) is 0 Å². The Kier molecular flexibility index (Phi) is 7.34. The number of benzene rings is 2. The van der Waals surface area contributed by atoms with Crippen molar-refractivity contribution in [2.75, 3.05) is 0 Å². The summed E-state index contributed by atoms with van der Waals surface area (Å²) in [5.74, 6) is -1.86. The van der Waals surface area contributed by atoms with Crippen LogP contribution in [-0.2, 0) is 17.1 Å². The molecule has 0 N–H and O–H groups in total. The zero-order valence-electron chi connectivity index (χ0n) is 17.9. The number of hydrogen-bond acceptors (Lipinski definition) is 5. The van der Waals surface area contributed by atoms with Gasteiger partial charge in [-0.1, -0.05) is 18.2 Å². The van der Waals surface area contributed by atoms with E-state index in [1.807, 2.05) is 0 Å². The van der Waals surface area contributed by atoms with E-state index >= 15 is 0 Å². The molecule has 2 unspecified atom stereocenters. The number of halogens is 6. The number of aromatic nitrogens is 1. The molecular formula is C24H16F6N2O3. The summed E-state index contributed by atoms with van der Waals surface area (Å²) in [7, 11) is 0. The van der Waals surface area contributed by atoms with Crippen molar-refractivity contribution in [3.8, 4) is 23.4 Å². The van der Waals surface area contributed by atoms with Gasteiger partial charge in [-0.3, -0.25) is 4.79 Å². The number of ketones is 1. The van der Waals surface area contributed by atoms with Crippen LogP contribution in [0.15, 0.2) is 66.9 Å². The standard InChI is InChI=1S/C24H16F6N2O3/c1-14(22(33)20(12-31)15-3-2-4-16(11-15)23(25,26)27)34-18-6-8-19(9-7-18)35-21-10-5-17(13-32-21)24(28,29)30/h2-11,13-14,20H,1H3. The van der Waals surface area contributed by atoms with Gasteiger partial charge in [0.1, 0.15) is 17.4 Å². The number of nitrogens with zero attached hydrogens (tertiary/aromatic N) is 2. The van der Waals surface area contributed by atoms with Crippen LogP contribution in [-0.4, -0.2) is 16.9 Å². The minimum Gasteiger partial charge on any atom is -0.483 e. The molecule has 0 amide bonds. The maximum atomic E-state index is 13.0. The molecule has 0 radical (unpaired) electrons. The predicted octanol–water partition coefficient (Wildman–Crippen LogP) is 6.56. The summed E-state index contributed by atoms with van der Waals surface area (Å²) in [6.45, 7) is 1.36. The van der Waals surface area contributed by atoms with E-state index in [2.05, 4.69) is 4.98 Å². The van der Waals surface area contributed by atoms with E-state index in [4.69, 9.17) is 9.47 Å². The lowest BCUT2D eigenvalue weighted by molar-refractivity contribution is -0.138. The van der Waals surface area contributed by atoms with Gasteiger partial charge in [0, 0.05) is 12.3 Å². The van der Waals surface area contributed by atoms with Gasteiger partial charge in [0.05, 0.1) is 17.2 Å². The number of hydrogen-bond donors (Lipinski definition) is 0. The lowest BCUT2D eigenvalue weighted by Crippen LogP contribution is -2.29. The number of nitriles is 1. The van der Waals surface area contributed by atoms with Crippen molar-refractivity contribution in [1.82, 2.24) is 4.98 Å². The van der Waals surface area contributed by atoms with Crippen molar-refractivity contribution < 1.29 is 40.6 Å². The minimum absolute atomic E-state index is 0.0758. The zero-order chi connectivity index (χ0) is 25.8. The minimum atomic E-state index is -4.62. The number of carbonyl (C=O) groups excluding carboxylic acids is 1. The third-order valence-electron chi connectivity index (χ3n) is 4.78. The molecule has 5 nitrogen and oxygen atoms in total. The Hall–Kier alpha value is -4.07. The second-order valence-corrected chi connectivity index (χ2v) is 7.30. The highest BCUT2D eigenvalue weighted by atomic mass is 19.4. The lowest BCUT2D eigenvalue weighted by Gasteiger charge is -2.18. The fourth-order valence-electron chi connectivity index (χ4n) is 3.01. The number of rotatable bonds is 7. The van der Waals surface area contributed by atoms with Crippen molar-refractivity contribution in [3.05, 3.63) is 83.6 Å². The normalized spacial score (nSPS) is 13.4. The molecule has 3 rings (SSSR count). The van der Waals surface area contributed by atoms with Crippen molar-refractivity contribution in [3.63, 3.8) is 0 Å². The van der Waals surface area contributed by atoms with E-state index in [1.54, 1.807) is 6.07 Å². The van der Waals surface area contributed by atoms with Gasteiger partial charge in [0.2, 0.25) is 5.88 Å². The van der Waals surface area contributed by atoms with Crippen molar-refractivity contribution in [2.45, 2.75) is 31.3 Å². The summed E-state index contributed by atoms with van der Waals surface area (Å²) in [5.41, 5.74) is -2.00. The average Bonchev–Trinajstić information content (AvgIpc) is 2.80. The quantitative estimate of drug-likeness (QED) is 0.348. The Morgan fingerprint density at radius 3 is 2.09 bits per heavy atom. The van der Waals surface area contributed by atoms with Gasteiger partial charge in [-0.2, -0.15) is 31.6 Å². The monoisotopic (exact) mass is 494 g/mol. The second kappa shape index (κ2) is 10.0. The van der Waals surface area contributed by atoms with Gasteiger partial charge < -0.3 is 9.47 Å². The van der Waals surface area contributed by atoms with E-state index in [9.17, 15) is 36.4 Å². The van der Waals surface area contributed by atoms with Crippen molar-refractivity contribution in [1.29, 1.82) is 5.26 Å². The highest BCUT2D eigenvalue weighted by Crippen LogP contribution is 2.32. The number of pyridine rings is 1. The lowest BCUT2D eigenvalue weighted by atomic mass is 9.92. The summed E-state index contributed by atoms with van der Waals surface area (Å²) in [6.07, 6.45) is -9.68. The van der Waals surface area contributed by atoms with Crippen molar-refractivity contribution >= 4 is 5.78 Å². The van der Waals surface area contributed by atoms with Gasteiger partial charge in [-0.05, 0) is 48.9 Å². The van der Waals surface area contributed by atoms with E-state index in [0.717, 1.165) is 30.3 Å². The van der Waals surface area contributed by atoms with Crippen LogP contribution in [0.4, 0.5) is 26.3 Å². The second-order valence-electron chi connectivity index (χ2n) is 7.30. The molecule has 0 aliphatic carbocycles. The molecule has 1 heterocycles. The van der Waals surface area contributed by atoms with Gasteiger partial charge in [-0.25, -0.2) is 4.98 Å². The maximum Gasteiger partial charge on any atom is 0.417 e. The molecule has 1 aromatic heterocycles. The molecule has 0 bridgehead atoms. The van der Waals surface area contributed by atoms with E-state index in [0.29, 0.717) is 6.20 Å². The molecule has 2 aromatic carbocycles. The maximum absolute atomic E-state index is 13.0. The molecule has 0 fully saturated rings. The largest absolute Gasteiger partial charge is 0.483 e. The Balaban J connectivity index is 1.66. The molecule has 3 aromatic rings. The first-order valence-electron chi connectivity index (χ1n) is 9.97. The Labute approximate surface area is 195 Å². The topological polar surface area (TPSA) is 72.2 Å². The molecule has 2 atom stereocenters. The van der Waals surface area contributed by atoms with E-state index in [1.165, 1.54) is 37.3 Å². The number of carbonyl (C=O) groups is 1. The third-order valence-corrected chi connectivity index (χ3v) is 4.78. The first-order chi connectivity index (χ1) is 16.4. The molecule has 0 saturated carbocycles. The fraction of sp³-hybridized carbons (Fsp3) is 0.208. The Morgan fingerprint density at radius 1 is 0.914 bits per heavy atom. The number of ether oxygens (including phenoxy) is 2. The van der Waals surface area contributed by atoms with Crippen LogP contribution in [0.5, 0.6) is 17.4 Å². The Morgan fingerprint density at radius 2 is 1.54 bits per heavy atom. The highest BCUT2D eigenvalue weighted by Gasteiger charge is 2.33.